The zero-order valence-corrected chi connectivity index (χ0v) is 44.6. The minimum absolute atomic E-state index is 0.0121. The van der Waals surface area contributed by atoms with Gasteiger partial charge in [-0.25, -0.2) is 33.7 Å². The predicted octanol–water partition coefficient (Wildman–Crippen LogP) is 4.03. The average Bonchev–Trinajstić information content (AvgIpc) is 3.70. The first kappa shape index (κ1) is 59.1. The number of imide groups is 1. The SMILES string of the molecule is COCCN1/C(=C/C=C/C=C/C=C/C(=NCCCCCC(=O)NCCN2C(=O)C=CC2=O)C(C)(CCCS(=O)(=O)[O-])c2cc(S(=O)(=O)[O-])ccc2I)C(C)(CCCS(=O)(=O)[O-])c2cc(S(=O)(=O)[O-])ccc21. The molecule has 0 bridgehead atoms. The molecule has 0 radical (unpaired) electrons. The lowest BCUT2D eigenvalue weighted by Gasteiger charge is -2.33. The van der Waals surface area contributed by atoms with Crippen LogP contribution < -0.4 is 10.2 Å². The minimum atomic E-state index is -4.94. The van der Waals surface area contributed by atoms with Crippen LogP contribution in [0.4, 0.5) is 5.69 Å². The number of amides is 3. The van der Waals surface area contributed by atoms with Crippen molar-refractivity contribution >= 4 is 92.2 Å². The van der Waals surface area contributed by atoms with Gasteiger partial charge in [0, 0.05) is 94.9 Å². The van der Waals surface area contributed by atoms with Crippen molar-refractivity contribution < 1.29 is 71.0 Å². The highest BCUT2D eigenvalue weighted by Gasteiger charge is 2.43. The van der Waals surface area contributed by atoms with Gasteiger partial charge >= 0.3 is 0 Å². The van der Waals surface area contributed by atoms with E-state index in [0.717, 1.165) is 23.1 Å². The Hall–Kier alpha value is -4.45. The van der Waals surface area contributed by atoms with Gasteiger partial charge in [-0.2, -0.15) is 0 Å². The van der Waals surface area contributed by atoms with Crippen molar-refractivity contribution in [1.29, 1.82) is 0 Å². The third-order valence-corrected chi connectivity index (χ3v) is 16.1. The maximum Gasteiger partial charge on any atom is 0.253 e. The highest BCUT2D eigenvalue weighted by molar-refractivity contribution is 14.1. The van der Waals surface area contributed by atoms with Crippen LogP contribution in [0.25, 0.3) is 0 Å². The number of carbonyl (C=O) groups is 3. The lowest BCUT2D eigenvalue weighted by molar-refractivity contribution is -0.137. The Kier molecular flexibility index (Phi) is 21.2. The fourth-order valence-electron chi connectivity index (χ4n) is 8.28. The smallest absolute Gasteiger partial charge is 0.253 e. The standard InChI is InChI=1S/C46H59IN4O16S4/c1-45(23-12-30-68(55,56)57,36-32-34(70(61,62)63)17-19-38(36)47)40(48-25-11-7-10-16-42(52)49-26-27-51-43(53)21-22-44(51)54)14-8-5-4-6-9-15-41-46(2,24-13-31-69(58,59)60)37-33-35(71(64,65)66)18-20-39(37)50(41)28-29-67-3/h4-6,8-9,14-15,17-22,32-33H,7,10-13,16,23-31H2,1-3H3,(H,49,52)(H,55,56,57)(H,58,59,60)(H,61,62,63)(H,64,65,66)/p-4/b5-4+,9-6+,14-8+,41-15+,48-40?. The number of halogens is 1. The van der Waals surface area contributed by atoms with Gasteiger partial charge in [0.1, 0.15) is 20.2 Å². The third kappa shape index (κ3) is 17.3. The zero-order valence-electron chi connectivity index (χ0n) is 39.2. The van der Waals surface area contributed by atoms with Crippen LogP contribution in [0.2, 0.25) is 0 Å². The van der Waals surface area contributed by atoms with Gasteiger partial charge in [-0.05, 0) is 135 Å². The molecular weight excluding hydrogens is 1120 g/mol. The maximum absolute atomic E-state index is 12.5. The predicted molar refractivity (Wildman–Crippen MR) is 268 cm³/mol. The summed E-state index contributed by atoms with van der Waals surface area (Å²) < 4.78 is 149. The Morgan fingerprint density at radius 1 is 0.789 bits per heavy atom. The Bertz CT molecular complexity index is 2940. The van der Waals surface area contributed by atoms with Gasteiger partial charge in [0.25, 0.3) is 11.8 Å². The number of ether oxygens (including phenoxy) is 1. The summed E-state index contributed by atoms with van der Waals surface area (Å²) in [6.45, 7) is 4.27. The van der Waals surface area contributed by atoms with Crippen LogP contribution in [-0.4, -0.2) is 132 Å². The summed E-state index contributed by atoms with van der Waals surface area (Å²) in [6, 6.07) is 7.73. The van der Waals surface area contributed by atoms with E-state index in [2.05, 4.69) is 5.32 Å². The molecule has 390 valence electrons. The molecule has 71 heavy (non-hydrogen) atoms. The molecule has 0 fully saturated rings. The maximum atomic E-state index is 12.5. The van der Waals surface area contributed by atoms with Crippen LogP contribution in [0, 0.1) is 3.57 Å². The Labute approximate surface area is 429 Å². The fraction of sp³-hybridized carbons (Fsp3) is 0.435. The van der Waals surface area contributed by atoms with E-state index >= 15 is 0 Å². The monoisotopic (exact) mass is 1170 g/mol. The highest BCUT2D eigenvalue weighted by Crippen LogP contribution is 2.51. The first-order valence-corrected chi connectivity index (χ1v) is 29.2. The number of nitrogens with one attached hydrogen (secondary N) is 1. The van der Waals surface area contributed by atoms with E-state index in [1.165, 1.54) is 37.4 Å². The molecule has 3 amide bonds. The molecule has 2 aromatic rings. The number of fused-ring (bicyclic) bond motifs is 1. The molecule has 2 aromatic carbocycles. The van der Waals surface area contributed by atoms with Crippen molar-refractivity contribution in [3.05, 3.63) is 111 Å². The molecule has 2 aliphatic heterocycles. The van der Waals surface area contributed by atoms with Crippen molar-refractivity contribution in [3.63, 3.8) is 0 Å². The van der Waals surface area contributed by atoms with Crippen LogP contribution >= 0.6 is 22.6 Å². The largest absolute Gasteiger partial charge is 0.748 e. The van der Waals surface area contributed by atoms with Crippen molar-refractivity contribution in [1.82, 2.24) is 10.2 Å². The van der Waals surface area contributed by atoms with E-state index in [-0.39, 0.29) is 70.8 Å². The third-order valence-electron chi connectivity index (χ3n) is 11.9. The molecule has 2 aliphatic rings. The summed E-state index contributed by atoms with van der Waals surface area (Å²) in [7, 11) is -17.6. The molecule has 2 heterocycles. The second kappa shape index (κ2) is 25.5. The number of carbonyl (C=O) groups excluding carboxylic acids is 3. The van der Waals surface area contributed by atoms with Gasteiger partial charge < -0.3 is 33.2 Å². The molecular formula is C46H55IN4O16S4-4. The number of rotatable bonds is 28. The average molecular weight is 1180 g/mol. The molecule has 0 saturated carbocycles. The summed E-state index contributed by atoms with van der Waals surface area (Å²) in [5, 5.41) is 2.68. The lowest BCUT2D eigenvalue weighted by atomic mass is 9.74. The van der Waals surface area contributed by atoms with E-state index in [4.69, 9.17) is 9.73 Å². The van der Waals surface area contributed by atoms with Gasteiger partial charge in [0.05, 0.1) is 36.6 Å². The molecule has 20 nitrogen and oxygen atoms in total. The highest BCUT2D eigenvalue weighted by atomic mass is 127. The van der Waals surface area contributed by atoms with Crippen LogP contribution in [0.5, 0.6) is 0 Å². The second-order valence-corrected chi connectivity index (χ2v) is 24.0. The topological polar surface area (TPSA) is 320 Å². The molecule has 2 atom stereocenters. The number of benzene rings is 2. The number of allylic oxidation sites excluding steroid dienone is 8. The van der Waals surface area contributed by atoms with Gasteiger partial charge in [0.2, 0.25) is 5.91 Å². The number of hydrogen-bond donors (Lipinski definition) is 1. The summed E-state index contributed by atoms with van der Waals surface area (Å²) in [6.07, 6.45) is 15.4. The van der Waals surface area contributed by atoms with Gasteiger partial charge in [0.15, 0.2) is 0 Å². The molecule has 0 aliphatic carbocycles. The minimum Gasteiger partial charge on any atom is -0.748 e. The molecule has 1 N–H and O–H groups in total. The molecule has 2 unspecified atom stereocenters. The van der Waals surface area contributed by atoms with Gasteiger partial charge in [-0.15, -0.1) is 0 Å². The van der Waals surface area contributed by atoms with Crippen molar-refractivity contribution in [2.45, 2.75) is 85.8 Å². The van der Waals surface area contributed by atoms with E-state index in [1.807, 2.05) is 27.5 Å². The van der Waals surface area contributed by atoms with E-state index in [1.54, 1.807) is 56.4 Å². The lowest BCUT2D eigenvalue weighted by Crippen LogP contribution is -2.38. The molecule has 0 spiro atoms. The van der Waals surface area contributed by atoms with Crippen LogP contribution in [0.15, 0.2) is 112 Å². The number of aliphatic imine (C=N–C) groups is 1. The van der Waals surface area contributed by atoms with Crippen LogP contribution in [0.1, 0.15) is 76.3 Å². The van der Waals surface area contributed by atoms with Crippen molar-refractivity contribution in [2.24, 2.45) is 4.99 Å². The zero-order chi connectivity index (χ0) is 52.8. The molecule has 4 rings (SSSR count). The number of nitrogens with zero attached hydrogens (tertiary/aromatic N) is 3. The summed E-state index contributed by atoms with van der Waals surface area (Å²) in [4.78, 5) is 42.7. The summed E-state index contributed by atoms with van der Waals surface area (Å²) in [5.41, 5.74) is -0.0376. The summed E-state index contributed by atoms with van der Waals surface area (Å²) >= 11 is 1.97. The molecule has 25 heteroatoms. The number of methoxy groups -OCH3 is 1. The quantitative estimate of drug-likeness (QED) is 0.0314. The number of hydrogen-bond acceptors (Lipinski definition) is 18. The number of anilines is 1. The van der Waals surface area contributed by atoms with Crippen molar-refractivity contribution in [3.8, 4) is 0 Å². The van der Waals surface area contributed by atoms with E-state index < -0.39 is 84.4 Å². The summed E-state index contributed by atoms with van der Waals surface area (Å²) in [5.74, 6) is -2.60. The fourth-order valence-corrected chi connectivity index (χ4v) is 11.2. The van der Waals surface area contributed by atoms with Gasteiger partial charge in [-0.3, -0.25) is 24.3 Å². The van der Waals surface area contributed by atoms with Crippen molar-refractivity contribution in [2.75, 3.05) is 56.3 Å². The van der Waals surface area contributed by atoms with Crippen LogP contribution in [-0.2, 0) is 70.4 Å². The Morgan fingerprint density at radius 3 is 2.03 bits per heavy atom. The second-order valence-electron chi connectivity index (χ2n) is 17.0. The molecule has 0 aromatic heterocycles. The van der Waals surface area contributed by atoms with Crippen LogP contribution in [0.3, 0.4) is 0 Å². The Balaban J connectivity index is 1.65. The number of unbranched alkanes of at least 4 members (excludes halogenated alkanes) is 2. The van der Waals surface area contributed by atoms with Gasteiger partial charge in [-0.1, -0.05) is 36.8 Å². The Morgan fingerprint density at radius 2 is 1.39 bits per heavy atom. The first-order valence-electron chi connectivity index (χ1n) is 22.2. The van der Waals surface area contributed by atoms with E-state index in [9.17, 15) is 66.3 Å². The van der Waals surface area contributed by atoms with E-state index in [0.29, 0.717) is 51.1 Å². The molecule has 0 saturated heterocycles. The first-order chi connectivity index (χ1) is 33.1. The normalized spacial score (nSPS) is 18.5.